The van der Waals surface area contributed by atoms with Gasteiger partial charge < -0.3 is 20.3 Å². The zero-order valence-corrected chi connectivity index (χ0v) is 17.1. The van der Waals surface area contributed by atoms with Crippen LogP contribution in [0.4, 0.5) is 11.8 Å². The van der Waals surface area contributed by atoms with Crippen molar-refractivity contribution in [2.45, 2.75) is 52.8 Å². The van der Waals surface area contributed by atoms with Crippen LogP contribution in [0.15, 0.2) is 36.7 Å². The third-order valence-electron chi connectivity index (χ3n) is 5.01. The Morgan fingerprint density at radius 3 is 2.46 bits per heavy atom. The van der Waals surface area contributed by atoms with Crippen LogP contribution >= 0.6 is 0 Å². The first-order chi connectivity index (χ1) is 13.5. The third kappa shape index (κ3) is 4.59. The highest BCUT2D eigenvalue weighted by Gasteiger charge is 2.17. The predicted octanol–water partition coefficient (Wildman–Crippen LogP) is 3.84. The number of aromatic nitrogens is 4. The number of anilines is 2. The molecule has 2 atom stereocenters. The summed E-state index contributed by atoms with van der Waals surface area (Å²) in [5.74, 6) is 1.40. The number of fused-ring (bicyclic) bond motifs is 1. The average molecular weight is 383 g/mol. The van der Waals surface area contributed by atoms with E-state index in [2.05, 4.69) is 53.5 Å². The van der Waals surface area contributed by atoms with Gasteiger partial charge in [-0.25, -0.2) is 4.98 Å². The first-order valence-electron chi connectivity index (χ1n) is 9.93. The molecule has 7 nitrogen and oxygen atoms in total. The molecular formula is C21H30N6O. The maximum Gasteiger partial charge on any atom is 0.226 e. The van der Waals surface area contributed by atoms with Crippen LogP contribution in [0.2, 0.25) is 0 Å². The standard InChI is InChI=1S/C21H30N6O/c1-5-17(15(4)28)12-23-21-25-19(22-11-16-9-7-6-8-10-16)18-20(26-21)27(13-24-18)14(2)3/h6-10,13-15,17,28H,5,11-12H2,1-4H3,(H2,22,23,25,26). The van der Waals surface area contributed by atoms with Crippen molar-refractivity contribution < 1.29 is 5.11 Å². The first kappa shape index (κ1) is 20.1. The normalized spacial score (nSPS) is 13.6. The largest absolute Gasteiger partial charge is 0.393 e. The van der Waals surface area contributed by atoms with Crippen molar-refractivity contribution in [2.24, 2.45) is 5.92 Å². The Labute approximate surface area is 166 Å². The van der Waals surface area contributed by atoms with Gasteiger partial charge in [0.2, 0.25) is 5.95 Å². The van der Waals surface area contributed by atoms with Crippen molar-refractivity contribution in [3.05, 3.63) is 42.2 Å². The molecule has 2 heterocycles. The molecule has 7 heteroatoms. The van der Waals surface area contributed by atoms with Gasteiger partial charge in [0.05, 0.1) is 12.4 Å². The van der Waals surface area contributed by atoms with Crippen molar-refractivity contribution in [1.82, 2.24) is 19.5 Å². The van der Waals surface area contributed by atoms with Crippen molar-refractivity contribution >= 4 is 22.9 Å². The molecular weight excluding hydrogens is 352 g/mol. The van der Waals surface area contributed by atoms with Crippen molar-refractivity contribution in [3.8, 4) is 0 Å². The molecule has 0 saturated heterocycles. The van der Waals surface area contributed by atoms with Crippen LogP contribution in [0.5, 0.6) is 0 Å². The lowest BCUT2D eigenvalue weighted by Crippen LogP contribution is -2.25. The molecule has 2 aromatic heterocycles. The van der Waals surface area contributed by atoms with Gasteiger partial charge in [-0.3, -0.25) is 0 Å². The molecule has 3 rings (SSSR count). The second-order valence-electron chi connectivity index (χ2n) is 7.44. The fourth-order valence-corrected chi connectivity index (χ4v) is 3.16. The molecule has 0 spiro atoms. The maximum atomic E-state index is 9.90. The van der Waals surface area contributed by atoms with Gasteiger partial charge in [-0.2, -0.15) is 9.97 Å². The van der Waals surface area contributed by atoms with Crippen LogP contribution in [0.25, 0.3) is 11.2 Å². The molecule has 2 unspecified atom stereocenters. The van der Waals surface area contributed by atoms with Crippen LogP contribution in [0.3, 0.4) is 0 Å². The molecule has 0 aliphatic rings. The molecule has 0 radical (unpaired) electrons. The Balaban J connectivity index is 1.89. The van der Waals surface area contributed by atoms with E-state index in [4.69, 9.17) is 4.98 Å². The highest BCUT2D eigenvalue weighted by atomic mass is 16.3. The van der Waals surface area contributed by atoms with Crippen LogP contribution in [-0.2, 0) is 6.54 Å². The zero-order chi connectivity index (χ0) is 20.1. The van der Waals surface area contributed by atoms with E-state index >= 15 is 0 Å². The van der Waals surface area contributed by atoms with Crippen LogP contribution in [0, 0.1) is 5.92 Å². The van der Waals surface area contributed by atoms with Gasteiger partial charge in [0.25, 0.3) is 0 Å². The van der Waals surface area contributed by atoms with Crippen molar-refractivity contribution in [3.63, 3.8) is 0 Å². The van der Waals surface area contributed by atoms with E-state index in [1.165, 1.54) is 5.56 Å². The lowest BCUT2D eigenvalue weighted by atomic mass is 10.0. The fourth-order valence-electron chi connectivity index (χ4n) is 3.16. The molecule has 0 bridgehead atoms. The van der Waals surface area contributed by atoms with Gasteiger partial charge in [-0.15, -0.1) is 0 Å². The van der Waals surface area contributed by atoms with E-state index in [9.17, 15) is 5.11 Å². The SMILES string of the molecule is CCC(CNc1nc(NCc2ccccc2)c2ncn(C(C)C)c2n1)C(C)O. The van der Waals surface area contributed by atoms with E-state index in [0.717, 1.165) is 17.6 Å². The van der Waals surface area contributed by atoms with Crippen molar-refractivity contribution in [2.75, 3.05) is 17.2 Å². The van der Waals surface area contributed by atoms with E-state index in [-0.39, 0.29) is 18.1 Å². The number of benzene rings is 1. The number of hydrogen-bond acceptors (Lipinski definition) is 6. The minimum absolute atomic E-state index is 0.148. The van der Waals surface area contributed by atoms with E-state index in [1.807, 2.05) is 36.0 Å². The summed E-state index contributed by atoms with van der Waals surface area (Å²) in [5.41, 5.74) is 2.73. The van der Waals surface area contributed by atoms with Crippen LogP contribution < -0.4 is 10.6 Å². The summed E-state index contributed by atoms with van der Waals surface area (Å²) in [6, 6.07) is 10.4. The molecule has 3 N–H and O–H groups in total. The molecule has 150 valence electrons. The Hall–Kier alpha value is -2.67. The summed E-state index contributed by atoms with van der Waals surface area (Å²) in [6.07, 6.45) is 2.32. The predicted molar refractivity (Wildman–Crippen MR) is 113 cm³/mol. The highest BCUT2D eigenvalue weighted by molar-refractivity contribution is 5.84. The van der Waals surface area contributed by atoms with Gasteiger partial charge in [0.1, 0.15) is 0 Å². The second kappa shape index (κ2) is 9.01. The minimum atomic E-state index is -0.377. The summed E-state index contributed by atoms with van der Waals surface area (Å²) >= 11 is 0. The topological polar surface area (TPSA) is 87.9 Å². The number of aliphatic hydroxyl groups is 1. The molecule has 28 heavy (non-hydrogen) atoms. The molecule has 1 aromatic carbocycles. The Kier molecular flexibility index (Phi) is 6.46. The van der Waals surface area contributed by atoms with E-state index in [0.29, 0.717) is 24.9 Å². The van der Waals surface area contributed by atoms with E-state index < -0.39 is 0 Å². The van der Waals surface area contributed by atoms with Crippen LogP contribution in [0.1, 0.15) is 45.7 Å². The summed E-state index contributed by atoms with van der Waals surface area (Å²) in [6.45, 7) is 9.38. The molecule has 0 saturated carbocycles. The van der Waals surface area contributed by atoms with Gasteiger partial charge in [0, 0.05) is 25.0 Å². The Morgan fingerprint density at radius 2 is 1.82 bits per heavy atom. The number of nitrogens with zero attached hydrogens (tertiary/aromatic N) is 4. The average Bonchev–Trinajstić information content (AvgIpc) is 3.11. The van der Waals surface area contributed by atoms with Crippen LogP contribution in [-0.4, -0.2) is 37.3 Å². The third-order valence-corrected chi connectivity index (χ3v) is 5.01. The van der Waals surface area contributed by atoms with Crippen molar-refractivity contribution in [1.29, 1.82) is 0 Å². The Bertz CT molecular complexity index is 891. The highest BCUT2D eigenvalue weighted by Crippen LogP contribution is 2.24. The number of nitrogens with one attached hydrogen (secondary N) is 2. The number of hydrogen-bond donors (Lipinski definition) is 3. The van der Waals surface area contributed by atoms with Gasteiger partial charge in [-0.1, -0.05) is 37.3 Å². The number of aliphatic hydroxyl groups excluding tert-OH is 1. The van der Waals surface area contributed by atoms with Gasteiger partial charge in [-0.05, 0) is 32.8 Å². The number of rotatable bonds is 9. The summed E-state index contributed by atoms with van der Waals surface area (Å²) < 4.78 is 2.04. The maximum absolute atomic E-state index is 9.90. The summed E-state index contributed by atoms with van der Waals surface area (Å²) in [5, 5.41) is 16.6. The lowest BCUT2D eigenvalue weighted by Gasteiger charge is -2.19. The van der Waals surface area contributed by atoms with Gasteiger partial charge in [0.15, 0.2) is 17.0 Å². The van der Waals surface area contributed by atoms with Gasteiger partial charge >= 0.3 is 0 Å². The fraction of sp³-hybridized carbons (Fsp3) is 0.476. The first-order valence-corrected chi connectivity index (χ1v) is 9.93. The smallest absolute Gasteiger partial charge is 0.226 e. The molecule has 0 aliphatic heterocycles. The molecule has 0 aliphatic carbocycles. The number of imidazole rings is 1. The zero-order valence-electron chi connectivity index (χ0n) is 17.1. The lowest BCUT2D eigenvalue weighted by molar-refractivity contribution is 0.129. The minimum Gasteiger partial charge on any atom is -0.393 e. The molecule has 0 fully saturated rings. The molecule has 3 aromatic rings. The quantitative estimate of drug-likeness (QED) is 0.521. The monoisotopic (exact) mass is 382 g/mol. The summed E-state index contributed by atoms with van der Waals surface area (Å²) in [4.78, 5) is 13.9. The molecule has 0 amide bonds. The Morgan fingerprint density at radius 1 is 1.07 bits per heavy atom. The summed E-state index contributed by atoms with van der Waals surface area (Å²) in [7, 11) is 0. The van der Waals surface area contributed by atoms with E-state index in [1.54, 1.807) is 0 Å². The second-order valence-corrected chi connectivity index (χ2v) is 7.44.